The Hall–Kier alpha value is -2.48. The van der Waals surface area contributed by atoms with Gasteiger partial charge >= 0.3 is 11.8 Å². The molecule has 2 fully saturated rings. The summed E-state index contributed by atoms with van der Waals surface area (Å²) in [5.74, 6) is 1.24. The van der Waals surface area contributed by atoms with Crippen LogP contribution in [0.15, 0.2) is 22.9 Å². The van der Waals surface area contributed by atoms with Crippen molar-refractivity contribution in [2.45, 2.75) is 39.2 Å². The van der Waals surface area contributed by atoms with E-state index in [1.54, 1.807) is 11.1 Å². The van der Waals surface area contributed by atoms with Crippen molar-refractivity contribution in [1.82, 2.24) is 24.9 Å². The van der Waals surface area contributed by atoms with E-state index in [4.69, 9.17) is 4.52 Å². The second kappa shape index (κ2) is 8.26. The first-order valence-corrected chi connectivity index (χ1v) is 10.2. The van der Waals surface area contributed by atoms with Gasteiger partial charge in [0.05, 0.1) is 0 Å². The van der Waals surface area contributed by atoms with E-state index in [1.165, 1.54) is 19.3 Å². The highest BCUT2D eigenvalue weighted by Crippen LogP contribution is 2.23. The second-order valence-corrected chi connectivity index (χ2v) is 7.80. The molecule has 2 aromatic rings. The van der Waals surface area contributed by atoms with Crippen molar-refractivity contribution in [1.29, 1.82) is 0 Å². The molecule has 0 saturated carbocycles. The first-order chi connectivity index (χ1) is 13.6. The highest BCUT2D eigenvalue weighted by molar-refractivity contribution is 5.90. The Balaban J connectivity index is 1.45. The number of hydrogen-bond acceptors (Lipinski definition) is 7. The van der Waals surface area contributed by atoms with Crippen LogP contribution in [0.5, 0.6) is 0 Å². The molecule has 0 aromatic carbocycles. The maximum absolute atomic E-state index is 12.7. The molecule has 2 aliphatic rings. The molecular formula is C20H28N6O2. The van der Waals surface area contributed by atoms with Gasteiger partial charge in [-0.15, -0.1) is 0 Å². The summed E-state index contributed by atoms with van der Waals surface area (Å²) in [6.07, 6.45) is 5.42. The van der Waals surface area contributed by atoms with Gasteiger partial charge in [0.15, 0.2) is 0 Å². The van der Waals surface area contributed by atoms with Gasteiger partial charge in [0.25, 0.3) is 0 Å². The molecule has 0 spiro atoms. The zero-order valence-electron chi connectivity index (χ0n) is 16.7. The molecule has 0 bridgehead atoms. The lowest BCUT2D eigenvalue weighted by Crippen LogP contribution is -2.50. The molecule has 0 aliphatic carbocycles. The zero-order chi connectivity index (χ0) is 19.5. The largest absolute Gasteiger partial charge is 0.357 e. The Morgan fingerprint density at radius 1 is 1.07 bits per heavy atom. The first kappa shape index (κ1) is 18.9. The van der Waals surface area contributed by atoms with Gasteiger partial charge in [0.2, 0.25) is 5.82 Å². The van der Waals surface area contributed by atoms with Crippen LogP contribution in [-0.4, -0.2) is 76.1 Å². The molecule has 0 atom stereocenters. The molecule has 0 unspecified atom stereocenters. The molecule has 2 aliphatic heterocycles. The highest BCUT2D eigenvalue weighted by atomic mass is 16.5. The molecule has 4 rings (SSSR count). The van der Waals surface area contributed by atoms with E-state index in [-0.39, 0.29) is 11.8 Å². The fraction of sp³-hybridized carbons (Fsp3) is 0.600. The van der Waals surface area contributed by atoms with Crippen molar-refractivity contribution < 1.29 is 9.32 Å². The molecule has 8 nitrogen and oxygen atoms in total. The monoisotopic (exact) mass is 384 g/mol. The summed E-state index contributed by atoms with van der Waals surface area (Å²) in [5, 5.41) is 4.04. The number of anilines is 1. The molecule has 1 amide bonds. The fourth-order valence-electron chi connectivity index (χ4n) is 3.86. The molecule has 0 N–H and O–H groups in total. The smallest absolute Gasteiger partial charge is 0.316 e. The third kappa shape index (κ3) is 4.01. The summed E-state index contributed by atoms with van der Waals surface area (Å²) in [4.78, 5) is 28.0. The number of nitrogens with zero attached hydrogens (tertiary/aromatic N) is 6. The number of piperidine rings is 1. The fourth-order valence-corrected chi connectivity index (χ4v) is 3.86. The van der Waals surface area contributed by atoms with Gasteiger partial charge in [-0.25, -0.2) is 4.98 Å². The van der Waals surface area contributed by atoms with Gasteiger partial charge in [0, 0.05) is 57.1 Å². The van der Waals surface area contributed by atoms with Gasteiger partial charge < -0.3 is 14.3 Å². The van der Waals surface area contributed by atoms with E-state index in [0.29, 0.717) is 25.0 Å². The summed E-state index contributed by atoms with van der Waals surface area (Å²) in [7, 11) is 0. The maximum atomic E-state index is 12.7. The minimum Gasteiger partial charge on any atom is -0.357 e. The SMILES string of the molecule is CC(C)N1CCN(C(=O)c2nc(-c3ccnc(N4CCCCC4)c3)no2)CC1. The van der Waals surface area contributed by atoms with Crippen LogP contribution in [0.2, 0.25) is 0 Å². The van der Waals surface area contributed by atoms with E-state index < -0.39 is 0 Å². The van der Waals surface area contributed by atoms with Crippen LogP contribution in [-0.2, 0) is 0 Å². The normalized spacial score (nSPS) is 18.7. The summed E-state index contributed by atoms with van der Waals surface area (Å²) in [6.45, 7) is 9.50. The minimum atomic E-state index is -0.188. The van der Waals surface area contributed by atoms with E-state index in [2.05, 4.69) is 38.8 Å². The van der Waals surface area contributed by atoms with Crippen LogP contribution in [0.3, 0.4) is 0 Å². The molecule has 2 saturated heterocycles. The lowest BCUT2D eigenvalue weighted by atomic mass is 10.1. The van der Waals surface area contributed by atoms with Crippen molar-refractivity contribution in [3.63, 3.8) is 0 Å². The van der Waals surface area contributed by atoms with Crippen molar-refractivity contribution in [3.8, 4) is 11.4 Å². The molecule has 2 aromatic heterocycles. The predicted octanol–water partition coefficient (Wildman–Crippen LogP) is 2.29. The summed E-state index contributed by atoms with van der Waals surface area (Å²) in [5.41, 5.74) is 0.822. The number of aromatic nitrogens is 3. The van der Waals surface area contributed by atoms with Crippen LogP contribution in [0.4, 0.5) is 5.82 Å². The third-order valence-electron chi connectivity index (χ3n) is 5.62. The Morgan fingerprint density at radius 2 is 1.82 bits per heavy atom. The zero-order valence-corrected chi connectivity index (χ0v) is 16.7. The number of hydrogen-bond donors (Lipinski definition) is 0. The van der Waals surface area contributed by atoms with Crippen LogP contribution < -0.4 is 4.90 Å². The van der Waals surface area contributed by atoms with Gasteiger partial charge in [0.1, 0.15) is 5.82 Å². The van der Waals surface area contributed by atoms with Crippen LogP contribution in [0, 0.1) is 0 Å². The molecular weight excluding hydrogens is 356 g/mol. The van der Waals surface area contributed by atoms with Gasteiger partial charge in [-0.1, -0.05) is 5.16 Å². The number of piperazine rings is 1. The number of pyridine rings is 1. The molecule has 150 valence electrons. The first-order valence-electron chi connectivity index (χ1n) is 10.2. The van der Waals surface area contributed by atoms with Crippen LogP contribution in [0.25, 0.3) is 11.4 Å². The van der Waals surface area contributed by atoms with Crippen LogP contribution in [0.1, 0.15) is 43.8 Å². The number of carbonyl (C=O) groups excluding carboxylic acids is 1. The van der Waals surface area contributed by atoms with Crippen LogP contribution >= 0.6 is 0 Å². The molecule has 28 heavy (non-hydrogen) atoms. The number of amides is 1. The van der Waals surface area contributed by atoms with E-state index >= 15 is 0 Å². The molecule has 0 radical (unpaired) electrons. The third-order valence-corrected chi connectivity index (χ3v) is 5.62. The van der Waals surface area contributed by atoms with Crippen molar-refractivity contribution in [2.75, 3.05) is 44.2 Å². The summed E-state index contributed by atoms with van der Waals surface area (Å²) < 4.78 is 5.29. The van der Waals surface area contributed by atoms with E-state index in [1.807, 2.05) is 12.1 Å². The Morgan fingerprint density at radius 3 is 2.54 bits per heavy atom. The van der Waals surface area contributed by atoms with Gasteiger partial charge in [-0.3, -0.25) is 9.69 Å². The molecule has 8 heteroatoms. The lowest BCUT2D eigenvalue weighted by molar-refractivity contribution is 0.0550. The summed E-state index contributed by atoms with van der Waals surface area (Å²) >= 11 is 0. The molecule has 4 heterocycles. The topological polar surface area (TPSA) is 78.6 Å². The predicted molar refractivity (Wildman–Crippen MR) is 106 cm³/mol. The average molecular weight is 384 g/mol. The van der Waals surface area contributed by atoms with E-state index in [9.17, 15) is 4.79 Å². The quantitative estimate of drug-likeness (QED) is 0.800. The standard InChI is InChI=1S/C20H28N6O2/c1-15(2)24-10-12-26(13-11-24)20(27)19-22-18(23-28-19)16-6-7-21-17(14-16)25-8-4-3-5-9-25/h6-7,14-15H,3-5,8-13H2,1-2H3. The average Bonchev–Trinajstić information content (AvgIpc) is 3.24. The van der Waals surface area contributed by atoms with Gasteiger partial charge in [-0.05, 0) is 45.2 Å². The number of carbonyl (C=O) groups is 1. The number of rotatable bonds is 4. The van der Waals surface area contributed by atoms with Crippen molar-refractivity contribution >= 4 is 11.7 Å². The second-order valence-electron chi connectivity index (χ2n) is 7.80. The Bertz CT molecular complexity index is 807. The van der Waals surface area contributed by atoms with Crippen molar-refractivity contribution in [3.05, 3.63) is 24.2 Å². The van der Waals surface area contributed by atoms with Gasteiger partial charge in [-0.2, -0.15) is 4.98 Å². The highest BCUT2D eigenvalue weighted by Gasteiger charge is 2.27. The summed E-state index contributed by atoms with van der Waals surface area (Å²) in [6, 6.07) is 4.33. The minimum absolute atomic E-state index is 0.0596. The Labute approximate surface area is 165 Å². The lowest BCUT2D eigenvalue weighted by Gasteiger charge is -2.36. The van der Waals surface area contributed by atoms with E-state index in [0.717, 1.165) is 37.6 Å². The maximum Gasteiger partial charge on any atom is 0.316 e. The van der Waals surface area contributed by atoms with Crippen molar-refractivity contribution in [2.24, 2.45) is 0 Å². The Kier molecular flexibility index (Phi) is 5.57.